The lowest BCUT2D eigenvalue weighted by Crippen LogP contribution is -2.26. The number of rotatable bonds is 8. The number of amides is 1. The van der Waals surface area contributed by atoms with Crippen molar-refractivity contribution >= 4 is 17.6 Å². The average Bonchev–Trinajstić information content (AvgIpc) is 2.83. The molecule has 0 fully saturated rings. The van der Waals surface area contributed by atoms with Crippen LogP contribution in [0.1, 0.15) is 40.3 Å². The maximum atomic E-state index is 12.6. The Morgan fingerprint density at radius 3 is 2.28 bits per heavy atom. The summed E-state index contributed by atoms with van der Waals surface area (Å²) in [7, 11) is 3.06. The molecule has 1 amide bonds. The van der Waals surface area contributed by atoms with E-state index in [0.717, 1.165) is 5.56 Å². The number of nitrogens with zero attached hydrogens (tertiary/aromatic N) is 1. The molecule has 0 spiro atoms. The van der Waals surface area contributed by atoms with Crippen molar-refractivity contribution in [3.05, 3.63) is 83.7 Å². The van der Waals surface area contributed by atoms with Gasteiger partial charge in [0, 0.05) is 22.9 Å². The molecule has 7 heteroatoms. The fraction of sp³-hybridized carbons (Fsp3) is 0.240. The van der Waals surface area contributed by atoms with Gasteiger partial charge in [-0.15, -0.1) is 0 Å². The van der Waals surface area contributed by atoms with Gasteiger partial charge in [-0.25, -0.2) is 9.78 Å². The minimum atomic E-state index is -0.461. The molecule has 0 radical (unpaired) electrons. The van der Waals surface area contributed by atoms with Crippen LogP contribution in [0, 0.1) is 0 Å². The summed E-state index contributed by atoms with van der Waals surface area (Å²) in [5, 5.41) is 2.87. The van der Waals surface area contributed by atoms with Crippen molar-refractivity contribution in [2.75, 3.05) is 26.1 Å². The fourth-order valence-corrected chi connectivity index (χ4v) is 3.07. The van der Waals surface area contributed by atoms with Crippen molar-refractivity contribution in [2.24, 2.45) is 0 Å². The topological polar surface area (TPSA) is 86.8 Å². The SMILES string of the molecule is COc1ccc(C(=O)Nc2ccc(C(C)(C)COC(=O)c3ccccn3)cc2)cc1OC. The minimum absolute atomic E-state index is 0.194. The zero-order valence-corrected chi connectivity index (χ0v) is 18.5. The Morgan fingerprint density at radius 2 is 1.66 bits per heavy atom. The highest BCUT2D eigenvalue weighted by atomic mass is 16.5. The van der Waals surface area contributed by atoms with Crippen LogP contribution in [0.3, 0.4) is 0 Å². The van der Waals surface area contributed by atoms with Gasteiger partial charge in [0.1, 0.15) is 12.3 Å². The molecule has 0 saturated carbocycles. The molecule has 0 unspecified atom stereocenters. The molecule has 0 aliphatic rings. The second-order valence-electron chi connectivity index (χ2n) is 7.78. The second kappa shape index (κ2) is 9.96. The lowest BCUT2D eigenvalue weighted by molar-refractivity contribution is 0.0420. The largest absolute Gasteiger partial charge is 0.493 e. The van der Waals surface area contributed by atoms with Crippen LogP contribution in [0.2, 0.25) is 0 Å². The number of hydrogen-bond acceptors (Lipinski definition) is 6. The summed E-state index contributed by atoms with van der Waals surface area (Å²) in [6, 6.07) is 17.5. The molecule has 0 aliphatic heterocycles. The Labute approximate surface area is 187 Å². The average molecular weight is 434 g/mol. The first-order valence-corrected chi connectivity index (χ1v) is 10.1. The summed E-state index contributed by atoms with van der Waals surface area (Å²) in [5.74, 6) is 0.316. The standard InChI is InChI=1S/C25H26N2O5/c1-25(2,16-32-24(29)20-7-5-6-14-26-20)18-9-11-19(12-10-18)27-23(28)17-8-13-21(30-3)22(15-17)31-4/h5-15H,16H2,1-4H3,(H,27,28). The van der Waals surface area contributed by atoms with Gasteiger partial charge in [0.05, 0.1) is 14.2 Å². The minimum Gasteiger partial charge on any atom is -0.493 e. The third-order valence-corrected chi connectivity index (χ3v) is 5.01. The molecule has 0 aliphatic carbocycles. The van der Waals surface area contributed by atoms with Crippen LogP contribution in [0.4, 0.5) is 5.69 Å². The lowest BCUT2D eigenvalue weighted by Gasteiger charge is -2.25. The summed E-state index contributed by atoms with van der Waals surface area (Å²) in [4.78, 5) is 28.8. The number of benzene rings is 2. The monoisotopic (exact) mass is 434 g/mol. The molecule has 1 aromatic heterocycles. The zero-order chi connectivity index (χ0) is 23.1. The second-order valence-corrected chi connectivity index (χ2v) is 7.78. The highest BCUT2D eigenvalue weighted by Gasteiger charge is 2.24. The summed E-state index contributed by atoms with van der Waals surface area (Å²) in [6.45, 7) is 4.16. The first-order chi connectivity index (χ1) is 15.3. The number of aromatic nitrogens is 1. The quantitative estimate of drug-likeness (QED) is 0.526. The predicted molar refractivity (Wildman–Crippen MR) is 121 cm³/mol. The number of pyridine rings is 1. The number of hydrogen-bond donors (Lipinski definition) is 1. The van der Waals surface area contributed by atoms with Gasteiger partial charge in [0.15, 0.2) is 11.5 Å². The van der Waals surface area contributed by atoms with Gasteiger partial charge in [0.2, 0.25) is 0 Å². The summed E-state index contributed by atoms with van der Waals surface area (Å²) in [5.41, 5.74) is 1.92. The van der Waals surface area contributed by atoms with Crippen molar-refractivity contribution in [2.45, 2.75) is 19.3 Å². The molecule has 0 saturated heterocycles. The van der Waals surface area contributed by atoms with E-state index in [4.69, 9.17) is 14.2 Å². The number of carbonyl (C=O) groups excluding carboxylic acids is 2. The molecule has 0 bridgehead atoms. The zero-order valence-electron chi connectivity index (χ0n) is 18.5. The molecule has 2 aromatic carbocycles. The Kier molecular flexibility index (Phi) is 7.10. The van der Waals surface area contributed by atoms with E-state index >= 15 is 0 Å². The first kappa shape index (κ1) is 22.8. The van der Waals surface area contributed by atoms with Crippen molar-refractivity contribution in [1.82, 2.24) is 4.98 Å². The van der Waals surface area contributed by atoms with Gasteiger partial charge >= 0.3 is 5.97 Å². The van der Waals surface area contributed by atoms with Gasteiger partial charge in [-0.2, -0.15) is 0 Å². The first-order valence-electron chi connectivity index (χ1n) is 10.1. The lowest BCUT2D eigenvalue weighted by atomic mass is 9.85. The number of esters is 1. The van der Waals surface area contributed by atoms with E-state index in [9.17, 15) is 9.59 Å². The third kappa shape index (κ3) is 5.43. The van der Waals surface area contributed by atoms with Gasteiger partial charge in [-0.3, -0.25) is 4.79 Å². The number of ether oxygens (including phenoxy) is 3. The van der Waals surface area contributed by atoms with E-state index in [2.05, 4.69) is 10.3 Å². The number of methoxy groups -OCH3 is 2. The van der Waals surface area contributed by atoms with E-state index in [0.29, 0.717) is 22.7 Å². The van der Waals surface area contributed by atoms with Crippen LogP contribution < -0.4 is 14.8 Å². The van der Waals surface area contributed by atoms with Crippen molar-refractivity contribution in [3.8, 4) is 11.5 Å². The number of carbonyl (C=O) groups is 2. The van der Waals surface area contributed by atoms with Crippen LogP contribution in [0.15, 0.2) is 66.9 Å². The predicted octanol–water partition coefficient (Wildman–Crippen LogP) is 4.49. The van der Waals surface area contributed by atoms with E-state index in [1.54, 1.807) is 49.7 Å². The van der Waals surface area contributed by atoms with Crippen LogP contribution in [0.25, 0.3) is 0 Å². The van der Waals surface area contributed by atoms with Crippen LogP contribution >= 0.6 is 0 Å². The summed E-state index contributed by atoms with van der Waals surface area (Å²) >= 11 is 0. The van der Waals surface area contributed by atoms with E-state index < -0.39 is 11.4 Å². The molecule has 7 nitrogen and oxygen atoms in total. The maximum absolute atomic E-state index is 12.6. The summed E-state index contributed by atoms with van der Waals surface area (Å²) in [6.07, 6.45) is 1.55. The van der Waals surface area contributed by atoms with Crippen molar-refractivity contribution in [1.29, 1.82) is 0 Å². The van der Waals surface area contributed by atoms with Gasteiger partial charge < -0.3 is 19.5 Å². The highest BCUT2D eigenvalue weighted by Crippen LogP contribution is 2.28. The van der Waals surface area contributed by atoms with E-state index in [-0.39, 0.29) is 18.2 Å². The smallest absolute Gasteiger partial charge is 0.356 e. The van der Waals surface area contributed by atoms with Crippen LogP contribution in [-0.4, -0.2) is 37.7 Å². The Hall–Kier alpha value is -3.87. The van der Waals surface area contributed by atoms with E-state index in [1.807, 2.05) is 38.1 Å². The van der Waals surface area contributed by atoms with Crippen LogP contribution in [0.5, 0.6) is 11.5 Å². The Bertz CT molecular complexity index is 1080. The third-order valence-electron chi connectivity index (χ3n) is 5.01. The normalized spacial score (nSPS) is 10.9. The Balaban J connectivity index is 1.63. The van der Waals surface area contributed by atoms with Gasteiger partial charge in [0.25, 0.3) is 5.91 Å². The van der Waals surface area contributed by atoms with Crippen molar-refractivity contribution in [3.63, 3.8) is 0 Å². The Morgan fingerprint density at radius 1 is 0.938 bits per heavy atom. The molecule has 0 atom stereocenters. The van der Waals surface area contributed by atoms with Crippen LogP contribution in [-0.2, 0) is 10.2 Å². The maximum Gasteiger partial charge on any atom is 0.356 e. The number of nitrogens with one attached hydrogen (secondary N) is 1. The molecule has 1 heterocycles. The molecular weight excluding hydrogens is 408 g/mol. The van der Waals surface area contributed by atoms with Gasteiger partial charge in [-0.1, -0.05) is 32.0 Å². The highest BCUT2D eigenvalue weighted by molar-refractivity contribution is 6.04. The molecule has 3 aromatic rings. The molecule has 166 valence electrons. The number of anilines is 1. The van der Waals surface area contributed by atoms with Gasteiger partial charge in [-0.05, 0) is 48.0 Å². The van der Waals surface area contributed by atoms with Crippen molar-refractivity contribution < 1.29 is 23.8 Å². The molecule has 3 rings (SSSR count). The summed E-state index contributed by atoms with van der Waals surface area (Å²) < 4.78 is 15.9. The molecule has 32 heavy (non-hydrogen) atoms. The molecule has 1 N–H and O–H groups in total. The van der Waals surface area contributed by atoms with E-state index in [1.165, 1.54) is 7.11 Å². The fourth-order valence-electron chi connectivity index (χ4n) is 3.07. The molecular formula is C25H26N2O5.